The summed E-state index contributed by atoms with van der Waals surface area (Å²) in [5.41, 5.74) is 9.35. The Morgan fingerprint density at radius 1 is 1.00 bits per heavy atom. The number of hydrogen-bond acceptors (Lipinski definition) is 3. The zero-order valence-electron chi connectivity index (χ0n) is 21.2. The Morgan fingerprint density at radius 3 is 2.33 bits per heavy atom. The highest BCUT2D eigenvalue weighted by molar-refractivity contribution is 6.30. The molecule has 4 rings (SSSR count). The number of nitrogens with zero attached hydrogens (tertiary/aromatic N) is 2. The summed E-state index contributed by atoms with van der Waals surface area (Å²) in [6.07, 6.45) is 6.78. The minimum atomic E-state index is -0.765. The van der Waals surface area contributed by atoms with Crippen molar-refractivity contribution in [3.63, 3.8) is 0 Å². The Bertz CT molecular complexity index is 1040. The largest absolute Gasteiger partial charge is 0.341 e. The van der Waals surface area contributed by atoms with E-state index in [9.17, 15) is 9.18 Å². The van der Waals surface area contributed by atoms with Gasteiger partial charge in [0, 0.05) is 29.7 Å². The van der Waals surface area contributed by atoms with E-state index in [0.29, 0.717) is 35.5 Å². The fourth-order valence-electron chi connectivity index (χ4n) is 5.79. The van der Waals surface area contributed by atoms with Crippen LogP contribution >= 0.6 is 23.2 Å². The summed E-state index contributed by atoms with van der Waals surface area (Å²) in [6.45, 7) is 7.20. The maximum atomic E-state index is 14.2. The molecule has 0 aliphatic carbocycles. The van der Waals surface area contributed by atoms with Gasteiger partial charge in [0.25, 0.3) is 0 Å². The minimum absolute atomic E-state index is 0.115. The smallest absolute Gasteiger partial charge is 0.239 e. The highest BCUT2D eigenvalue weighted by Crippen LogP contribution is 2.34. The van der Waals surface area contributed by atoms with E-state index in [0.717, 1.165) is 37.3 Å². The van der Waals surface area contributed by atoms with E-state index < -0.39 is 11.9 Å². The van der Waals surface area contributed by atoms with E-state index in [2.05, 4.69) is 24.0 Å². The van der Waals surface area contributed by atoms with Gasteiger partial charge in [0.05, 0.1) is 6.04 Å². The third kappa shape index (κ3) is 7.00. The van der Waals surface area contributed by atoms with Crippen molar-refractivity contribution in [2.24, 2.45) is 11.7 Å². The van der Waals surface area contributed by atoms with Crippen LogP contribution in [0.25, 0.3) is 0 Å². The zero-order chi connectivity index (χ0) is 25.7. The summed E-state index contributed by atoms with van der Waals surface area (Å²) < 4.78 is 14.2. The number of rotatable bonds is 9. The molecule has 196 valence electrons. The predicted octanol–water partition coefficient (Wildman–Crippen LogP) is 6.07. The first-order valence-electron chi connectivity index (χ1n) is 13.3. The molecular formula is C29H38Cl2FN3O. The minimum Gasteiger partial charge on any atom is -0.341 e. The van der Waals surface area contributed by atoms with Crippen LogP contribution in [0, 0.1) is 11.7 Å². The lowest BCUT2D eigenvalue weighted by Crippen LogP contribution is -2.48. The van der Waals surface area contributed by atoms with Crippen molar-refractivity contribution in [2.45, 2.75) is 63.8 Å². The summed E-state index contributed by atoms with van der Waals surface area (Å²) in [6, 6.07) is 10.1. The molecule has 0 radical (unpaired) electrons. The van der Waals surface area contributed by atoms with E-state index in [1.54, 1.807) is 12.1 Å². The van der Waals surface area contributed by atoms with Crippen LogP contribution in [0.2, 0.25) is 10.0 Å². The Balaban J connectivity index is 1.36. The second kappa shape index (κ2) is 12.7. The molecule has 2 aliphatic heterocycles. The molecular weight excluding hydrogens is 496 g/mol. The number of likely N-dealkylation sites (tertiary alicyclic amines) is 2. The molecule has 1 unspecified atom stereocenters. The Morgan fingerprint density at radius 2 is 1.67 bits per heavy atom. The van der Waals surface area contributed by atoms with Gasteiger partial charge in [-0.05, 0) is 104 Å². The van der Waals surface area contributed by atoms with Crippen molar-refractivity contribution >= 4 is 29.1 Å². The molecule has 2 atom stereocenters. The van der Waals surface area contributed by atoms with Gasteiger partial charge in [-0.1, -0.05) is 48.7 Å². The predicted molar refractivity (Wildman–Crippen MR) is 146 cm³/mol. The lowest BCUT2D eigenvalue weighted by Gasteiger charge is -2.35. The normalized spacial score (nSPS) is 19.0. The molecule has 2 fully saturated rings. The van der Waals surface area contributed by atoms with Crippen molar-refractivity contribution in [3.05, 3.63) is 69.0 Å². The number of hydrogen-bond donors (Lipinski definition) is 1. The van der Waals surface area contributed by atoms with Crippen LogP contribution in [-0.4, -0.2) is 54.5 Å². The molecule has 1 amide bonds. The number of benzene rings is 2. The molecule has 2 aromatic carbocycles. The van der Waals surface area contributed by atoms with Crippen LogP contribution < -0.4 is 5.73 Å². The van der Waals surface area contributed by atoms with E-state index in [1.807, 2.05) is 11.0 Å². The first kappa shape index (κ1) is 27.4. The van der Waals surface area contributed by atoms with Crippen molar-refractivity contribution in [2.75, 3.05) is 32.7 Å². The van der Waals surface area contributed by atoms with Crippen molar-refractivity contribution in [1.82, 2.24) is 9.80 Å². The second-order valence-electron chi connectivity index (χ2n) is 10.5. The van der Waals surface area contributed by atoms with Crippen molar-refractivity contribution in [1.29, 1.82) is 0 Å². The highest BCUT2D eigenvalue weighted by atomic mass is 35.5. The SMILES string of the molecule is CCC(Cc1cc(Cl)ccc1C1CCN(C(=O)[C@H](N)Cc2ccc(Cl)cc2F)CC1)CN1CCCC1. The maximum Gasteiger partial charge on any atom is 0.239 e. The highest BCUT2D eigenvalue weighted by Gasteiger charge is 2.29. The third-order valence-electron chi connectivity index (χ3n) is 7.92. The first-order chi connectivity index (χ1) is 17.3. The average Bonchev–Trinajstić information content (AvgIpc) is 3.38. The van der Waals surface area contributed by atoms with Gasteiger partial charge in [-0.2, -0.15) is 0 Å². The van der Waals surface area contributed by atoms with Gasteiger partial charge in [-0.25, -0.2) is 4.39 Å². The average molecular weight is 535 g/mol. The lowest BCUT2D eigenvalue weighted by molar-refractivity contribution is -0.133. The van der Waals surface area contributed by atoms with Crippen LogP contribution in [0.15, 0.2) is 36.4 Å². The topological polar surface area (TPSA) is 49.6 Å². The number of carbonyl (C=O) groups is 1. The number of halogens is 3. The number of carbonyl (C=O) groups excluding carboxylic acids is 1. The van der Waals surface area contributed by atoms with Gasteiger partial charge in [-0.3, -0.25) is 4.79 Å². The van der Waals surface area contributed by atoms with Crippen LogP contribution in [0.3, 0.4) is 0 Å². The summed E-state index contributed by atoms with van der Waals surface area (Å²) in [4.78, 5) is 17.5. The van der Waals surface area contributed by atoms with Gasteiger partial charge in [0.15, 0.2) is 0 Å². The van der Waals surface area contributed by atoms with E-state index in [-0.39, 0.29) is 12.3 Å². The van der Waals surface area contributed by atoms with Crippen LogP contribution in [0.5, 0.6) is 0 Å². The first-order valence-corrected chi connectivity index (χ1v) is 14.1. The van der Waals surface area contributed by atoms with Gasteiger partial charge in [0.1, 0.15) is 5.82 Å². The van der Waals surface area contributed by atoms with Gasteiger partial charge in [-0.15, -0.1) is 0 Å². The molecule has 2 aromatic rings. The molecule has 2 saturated heterocycles. The van der Waals surface area contributed by atoms with Crippen LogP contribution in [-0.2, 0) is 17.6 Å². The molecule has 2 heterocycles. The van der Waals surface area contributed by atoms with E-state index in [1.165, 1.54) is 43.1 Å². The molecule has 2 N–H and O–H groups in total. The zero-order valence-corrected chi connectivity index (χ0v) is 22.7. The van der Waals surface area contributed by atoms with Gasteiger partial charge < -0.3 is 15.5 Å². The quantitative estimate of drug-likeness (QED) is 0.425. The Labute approximate surface area is 224 Å². The molecule has 7 heteroatoms. The molecule has 0 aromatic heterocycles. The fraction of sp³-hybridized carbons (Fsp3) is 0.552. The van der Waals surface area contributed by atoms with Crippen molar-refractivity contribution in [3.8, 4) is 0 Å². The monoisotopic (exact) mass is 533 g/mol. The summed E-state index contributed by atoms with van der Waals surface area (Å²) in [5, 5.41) is 1.12. The molecule has 0 saturated carbocycles. The summed E-state index contributed by atoms with van der Waals surface area (Å²) >= 11 is 12.3. The third-order valence-corrected chi connectivity index (χ3v) is 8.39. The molecule has 0 bridgehead atoms. The summed E-state index contributed by atoms with van der Waals surface area (Å²) in [5.74, 6) is 0.481. The molecule has 36 heavy (non-hydrogen) atoms. The van der Waals surface area contributed by atoms with E-state index >= 15 is 0 Å². The lowest BCUT2D eigenvalue weighted by atomic mass is 9.83. The fourth-order valence-corrected chi connectivity index (χ4v) is 6.14. The molecule has 4 nitrogen and oxygen atoms in total. The Hall–Kier alpha value is -1.66. The van der Waals surface area contributed by atoms with Crippen molar-refractivity contribution < 1.29 is 9.18 Å². The number of nitrogens with two attached hydrogens (primary N) is 1. The number of amides is 1. The van der Waals surface area contributed by atoms with Crippen LogP contribution in [0.4, 0.5) is 4.39 Å². The maximum absolute atomic E-state index is 14.2. The van der Waals surface area contributed by atoms with Gasteiger partial charge in [0.2, 0.25) is 5.91 Å². The molecule has 0 spiro atoms. The Kier molecular flexibility index (Phi) is 9.68. The van der Waals surface area contributed by atoms with E-state index in [4.69, 9.17) is 28.9 Å². The second-order valence-corrected chi connectivity index (χ2v) is 11.3. The van der Waals surface area contributed by atoms with Gasteiger partial charge >= 0.3 is 0 Å². The summed E-state index contributed by atoms with van der Waals surface area (Å²) in [7, 11) is 0. The van der Waals surface area contributed by atoms with Crippen LogP contribution in [0.1, 0.15) is 61.6 Å². The molecule has 2 aliphatic rings. The standard InChI is InChI=1S/C29H38Cl2FN3O/c1-2-20(19-34-11-3-4-12-34)15-23-16-24(30)7-8-26(23)21-9-13-35(14-10-21)29(36)28(33)17-22-5-6-25(31)18-27(22)32/h5-8,16,18,20-21,28H,2-4,9-15,17,19,33H2,1H3/t20?,28-/m1/s1. The number of piperidine rings is 1.